The van der Waals surface area contributed by atoms with E-state index < -0.39 is 11.6 Å². The topological polar surface area (TPSA) is 69.1 Å². The van der Waals surface area contributed by atoms with Crippen LogP contribution in [0.15, 0.2) is 12.1 Å². The minimum Gasteiger partial charge on any atom is -0.398 e. The Hall–Kier alpha value is -2.09. The van der Waals surface area contributed by atoms with E-state index in [0.29, 0.717) is 21.4 Å². The van der Waals surface area contributed by atoms with E-state index in [-0.39, 0.29) is 5.69 Å². The Morgan fingerprint density at radius 3 is 2.67 bits per heavy atom. The average molecular weight is 307 g/mol. The monoisotopic (exact) mass is 307 g/mol. The lowest BCUT2D eigenvalue weighted by Crippen LogP contribution is -2.13. The number of hydrogen-bond donors (Lipinski definition) is 1. The molecule has 21 heavy (non-hydrogen) atoms. The molecule has 1 aliphatic carbocycles. The average Bonchev–Trinajstić information content (AvgIpc) is 2.94. The first-order valence-corrected chi connectivity index (χ1v) is 7.42. The number of nitrogens with zero attached hydrogens (tertiary/aromatic N) is 4. The molecule has 108 valence electrons. The molecule has 0 saturated heterocycles. The maximum Gasteiger partial charge on any atom is 0.234 e. The third kappa shape index (κ3) is 1.90. The highest BCUT2D eigenvalue weighted by Crippen LogP contribution is 2.37. The molecule has 2 heterocycles. The van der Waals surface area contributed by atoms with Crippen molar-refractivity contribution in [1.29, 1.82) is 0 Å². The first-order valence-electron chi connectivity index (χ1n) is 6.60. The van der Waals surface area contributed by atoms with Crippen LogP contribution in [0.4, 0.5) is 14.5 Å². The molecule has 0 atom stereocenters. The van der Waals surface area contributed by atoms with Crippen molar-refractivity contribution in [3.63, 3.8) is 0 Å². The van der Waals surface area contributed by atoms with Gasteiger partial charge in [-0.15, -0.1) is 10.2 Å². The summed E-state index contributed by atoms with van der Waals surface area (Å²) in [5, 5.41) is 13.2. The van der Waals surface area contributed by atoms with Crippen LogP contribution >= 0.6 is 11.3 Å². The van der Waals surface area contributed by atoms with Crippen LogP contribution in [0.1, 0.15) is 31.0 Å². The van der Waals surface area contributed by atoms with E-state index in [2.05, 4.69) is 15.3 Å². The van der Waals surface area contributed by atoms with Crippen LogP contribution in [0.3, 0.4) is 0 Å². The third-order valence-electron chi connectivity index (χ3n) is 3.81. The van der Waals surface area contributed by atoms with Crippen molar-refractivity contribution >= 4 is 22.0 Å². The van der Waals surface area contributed by atoms with Gasteiger partial charge in [0.15, 0.2) is 17.5 Å². The highest BCUT2D eigenvalue weighted by Gasteiger charge is 2.26. The Morgan fingerprint density at radius 2 is 1.95 bits per heavy atom. The quantitative estimate of drug-likeness (QED) is 0.739. The molecule has 1 aromatic carbocycles. The molecule has 2 aromatic heterocycles. The predicted octanol–water partition coefficient (Wildman–Crippen LogP) is 2.98. The first kappa shape index (κ1) is 12.6. The molecule has 1 saturated carbocycles. The molecule has 0 spiro atoms. The first-order chi connectivity index (χ1) is 10.1. The third-order valence-corrected chi connectivity index (χ3v) is 4.74. The smallest absolute Gasteiger partial charge is 0.234 e. The molecule has 1 aliphatic rings. The van der Waals surface area contributed by atoms with Crippen LogP contribution in [-0.2, 0) is 0 Å². The Kier molecular flexibility index (Phi) is 2.68. The largest absolute Gasteiger partial charge is 0.398 e. The molecule has 0 radical (unpaired) electrons. The fourth-order valence-corrected chi connectivity index (χ4v) is 3.29. The number of nitrogens with two attached hydrogens (primary N) is 1. The van der Waals surface area contributed by atoms with Crippen LogP contribution in [0.2, 0.25) is 0 Å². The van der Waals surface area contributed by atoms with Crippen molar-refractivity contribution in [1.82, 2.24) is 19.8 Å². The van der Waals surface area contributed by atoms with Gasteiger partial charge >= 0.3 is 0 Å². The van der Waals surface area contributed by atoms with Crippen molar-refractivity contribution in [2.45, 2.75) is 25.2 Å². The minimum absolute atomic E-state index is 0.157. The number of nitrogen functional groups attached to an aromatic ring is 1. The molecule has 0 unspecified atom stereocenters. The van der Waals surface area contributed by atoms with E-state index in [1.54, 1.807) is 4.52 Å². The molecule has 8 heteroatoms. The lowest BCUT2D eigenvalue weighted by atomic mass is 9.85. The SMILES string of the molecule is Nc1cc(F)c(F)cc1-c1nn2c(C3CCC3)nnc2s1. The predicted molar refractivity (Wildman–Crippen MR) is 75.0 cm³/mol. The Balaban J connectivity index is 1.84. The van der Waals surface area contributed by atoms with Crippen LogP contribution in [0.25, 0.3) is 15.5 Å². The van der Waals surface area contributed by atoms with Gasteiger partial charge in [-0.2, -0.15) is 9.61 Å². The van der Waals surface area contributed by atoms with Gasteiger partial charge in [-0.1, -0.05) is 17.8 Å². The molecule has 1 fully saturated rings. The summed E-state index contributed by atoms with van der Waals surface area (Å²) in [6.07, 6.45) is 3.36. The van der Waals surface area contributed by atoms with Crippen LogP contribution in [0.5, 0.6) is 0 Å². The van der Waals surface area contributed by atoms with Crippen LogP contribution < -0.4 is 5.73 Å². The Labute approximate surface area is 122 Å². The van der Waals surface area contributed by atoms with Gasteiger partial charge in [-0.05, 0) is 18.9 Å². The second-order valence-electron chi connectivity index (χ2n) is 5.14. The van der Waals surface area contributed by atoms with Crippen molar-refractivity contribution in [2.75, 3.05) is 5.73 Å². The normalized spacial score (nSPS) is 15.5. The van der Waals surface area contributed by atoms with Gasteiger partial charge in [0.1, 0.15) is 5.01 Å². The lowest BCUT2D eigenvalue weighted by molar-refractivity contribution is 0.395. The maximum atomic E-state index is 13.4. The van der Waals surface area contributed by atoms with Gasteiger partial charge in [-0.25, -0.2) is 8.78 Å². The number of rotatable bonds is 2. The van der Waals surface area contributed by atoms with Gasteiger partial charge in [0.05, 0.1) is 0 Å². The Bertz CT molecular complexity index is 837. The highest BCUT2D eigenvalue weighted by molar-refractivity contribution is 7.19. The van der Waals surface area contributed by atoms with E-state index >= 15 is 0 Å². The van der Waals surface area contributed by atoms with Crippen LogP contribution in [-0.4, -0.2) is 19.8 Å². The summed E-state index contributed by atoms with van der Waals surface area (Å²) >= 11 is 1.26. The van der Waals surface area contributed by atoms with Crippen molar-refractivity contribution in [3.8, 4) is 10.6 Å². The summed E-state index contributed by atoms with van der Waals surface area (Å²) in [5.74, 6) is -0.684. The van der Waals surface area contributed by atoms with E-state index in [4.69, 9.17) is 5.73 Å². The summed E-state index contributed by atoms with van der Waals surface area (Å²) in [6.45, 7) is 0. The standard InChI is InChI=1S/C13H11F2N5S/c14-8-4-7(10(16)5-9(8)15)12-19-20-11(6-2-1-3-6)17-18-13(20)21-12/h4-6H,1-3,16H2. The van der Waals surface area contributed by atoms with Gasteiger partial charge in [0.2, 0.25) is 4.96 Å². The van der Waals surface area contributed by atoms with Gasteiger partial charge < -0.3 is 5.73 Å². The van der Waals surface area contributed by atoms with Gasteiger partial charge in [0, 0.05) is 23.2 Å². The van der Waals surface area contributed by atoms with E-state index in [1.165, 1.54) is 17.8 Å². The molecule has 3 aromatic rings. The fourth-order valence-electron chi connectivity index (χ4n) is 2.41. The second kappa shape index (κ2) is 4.45. The maximum absolute atomic E-state index is 13.4. The lowest BCUT2D eigenvalue weighted by Gasteiger charge is -2.22. The van der Waals surface area contributed by atoms with E-state index in [1.807, 2.05) is 0 Å². The molecule has 0 aliphatic heterocycles. The number of halogens is 2. The van der Waals surface area contributed by atoms with Gasteiger partial charge in [0.25, 0.3) is 0 Å². The number of anilines is 1. The zero-order valence-corrected chi connectivity index (χ0v) is 11.7. The van der Waals surface area contributed by atoms with Gasteiger partial charge in [-0.3, -0.25) is 0 Å². The Morgan fingerprint density at radius 1 is 1.19 bits per heavy atom. The molecule has 0 bridgehead atoms. The molecule has 5 nitrogen and oxygen atoms in total. The summed E-state index contributed by atoms with van der Waals surface area (Å²) in [6, 6.07) is 2.04. The van der Waals surface area contributed by atoms with E-state index in [9.17, 15) is 8.78 Å². The minimum atomic E-state index is -0.964. The van der Waals surface area contributed by atoms with E-state index in [0.717, 1.165) is 30.8 Å². The number of aromatic nitrogens is 4. The molecule has 4 rings (SSSR count). The molecule has 2 N–H and O–H groups in total. The highest BCUT2D eigenvalue weighted by atomic mass is 32.1. The zero-order valence-electron chi connectivity index (χ0n) is 10.9. The molecule has 0 amide bonds. The van der Waals surface area contributed by atoms with Crippen LogP contribution in [0, 0.1) is 11.6 Å². The summed E-state index contributed by atoms with van der Waals surface area (Å²) in [5.41, 5.74) is 6.30. The van der Waals surface area contributed by atoms with Crippen molar-refractivity contribution < 1.29 is 8.78 Å². The van der Waals surface area contributed by atoms with Crippen molar-refractivity contribution in [3.05, 3.63) is 29.6 Å². The van der Waals surface area contributed by atoms with Crippen molar-refractivity contribution in [2.24, 2.45) is 0 Å². The summed E-state index contributed by atoms with van der Waals surface area (Å²) < 4.78 is 28.2. The zero-order chi connectivity index (χ0) is 14.6. The summed E-state index contributed by atoms with van der Waals surface area (Å²) in [7, 11) is 0. The summed E-state index contributed by atoms with van der Waals surface area (Å²) in [4.78, 5) is 0.635. The molecular formula is C13H11F2N5S. The molecular weight excluding hydrogens is 296 g/mol. The fraction of sp³-hybridized carbons (Fsp3) is 0.308. The second-order valence-corrected chi connectivity index (χ2v) is 6.10. The number of benzene rings is 1. The number of hydrogen-bond acceptors (Lipinski definition) is 5. The number of fused-ring (bicyclic) bond motifs is 1.